The van der Waals surface area contributed by atoms with Gasteiger partial charge in [0.15, 0.2) is 5.69 Å². The van der Waals surface area contributed by atoms with Crippen LogP contribution >= 0.6 is 27.3 Å². The number of ether oxygens (including phenoxy) is 1. The summed E-state index contributed by atoms with van der Waals surface area (Å²) in [4.78, 5) is 30.6. The number of esters is 1. The van der Waals surface area contributed by atoms with E-state index in [1.807, 2.05) is 39.0 Å². The molecule has 1 heterocycles. The average Bonchev–Trinajstić information content (AvgIpc) is 2.99. The summed E-state index contributed by atoms with van der Waals surface area (Å²) in [5.41, 5.74) is 0.459. The van der Waals surface area contributed by atoms with Crippen LogP contribution in [-0.2, 0) is 11.3 Å². The second-order valence-corrected chi connectivity index (χ2v) is 7.96. The Labute approximate surface area is 153 Å². The van der Waals surface area contributed by atoms with Crippen molar-refractivity contribution in [1.82, 2.24) is 9.88 Å². The molecule has 0 bridgehead atoms. The summed E-state index contributed by atoms with van der Waals surface area (Å²) in [5.74, 6) is -0.568. The van der Waals surface area contributed by atoms with Crippen molar-refractivity contribution in [3.05, 3.63) is 50.4 Å². The highest BCUT2D eigenvalue weighted by molar-refractivity contribution is 9.10. The van der Waals surface area contributed by atoms with E-state index in [0.29, 0.717) is 17.1 Å². The molecule has 0 aliphatic carbocycles. The molecule has 0 saturated heterocycles. The van der Waals surface area contributed by atoms with Crippen molar-refractivity contribution >= 4 is 39.1 Å². The van der Waals surface area contributed by atoms with E-state index in [1.165, 1.54) is 18.4 Å². The molecule has 0 radical (unpaired) electrons. The fourth-order valence-electron chi connectivity index (χ4n) is 2.11. The molecule has 0 aliphatic rings. The van der Waals surface area contributed by atoms with Gasteiger partial charge >= 0.3 is 5.97 Å². The molecule has 0 unspecified atom stereocenters. The van der Waals surface area contributed by atoms with Gasteiger partial charge in [0.05, 0.1) is 19.2 Å². The van der Waals surface area contributed by atoms with Gasteiger partial charge in [0.1, 0.15) is 5.01 Å². The molecule has 2 aromatic rings. The minimum Gasteiger partial charge on any atom is -0.464 e. The highest BCUT2D eigenvalue weighted by Gasteiger charge is 2.29. The zero-order valence-electron chi connectivity index (χ0n) is 14.0. The number of carbonyl (C=O) groups is 2. The number of methoxy groups -OCH3 is 1. The van der Waals surface area contributed by atoms with Gasteiger partial charge in [0.2, 0.25) is 0 Å². The third-order valence-corrected chi connectivity index (χ3v) is 4.92. The lowest BCUT2D eigenvalue weighted by molar-refractivity contribution is 0.0557. The van der Waals surface area contributed by atoms with E-state index in [4.69, 9.17) is 0 Å². The number of hydrogen-bond acceptors (Lipinski definition) is 5. The summed E-state index contributed by atoms with van der Waals surface area (Å²) in [5, 5.41) is 2.33. The summed E-state index contributed by atoms with van der Waals surface area (Å²) in [6.07, 6.45) is 0. The summed E-state index contributed by atoms with van der Waals surface area (Å²) in [6, 6.07) is 7.32. The van der Waals surface area contributed by atoms with Crippen LogP contribution < -0.4 is 0 Å². The zero-order chi connectivity index (χ0) is 17.9. The van der Waals surface area contributed by atoms with Gasteiger partial charge in [-0.1, -0.05) is 12.1 Å². The molecular weight excluding hydrogens is 392 g/mol. The summed E-state index contributed by atoms with van der Waals surface area (Å²) < 4.78 is 5.42. The predicted molar refractivity (Wildman–Crippen MR) is 97.2 cm³/mol. The summed E-state index contributed by atoms with van der Waals surface area (Å²) in [7, 11) is 1.32. The fourth-order valence-corrected chi connectivity index (χ4v) is 3.32. The van der Waals surface area contributed by atoms with Crippen LogP contribution in [0.5, 0.6) is 0 Å². The third-order valence-electron chi connectivity index (χ3n) is 3.40. The van der Waals surface area contributed by atoms with E-state index < -0.39 is 11.5 Å². The average molecular weight is 411 g/mol. The van der Waals surface area contributed by atoms with Crippen LogP contribution in [0.4, 0.5) is 0 Å². The number of carbonyl (C=O) groups excluding carboxylic acids is 2. The standard InChI is InChI=1S/C17H19BrN2O3S/c1-17(2,3)20(15(21)11-7-5-6-8-12(11)18)9-14-19-13(10-24-14)16(22)23-4/h5-8,10H,9H2,1-4H3. The van der Waals surface area contributed by atoms with Crippen molar-refractivity contribution in [3.63, 3.8) is 0 Å². The lowest BCUT2D eigenvalue weighted by Gasteiger charge is -2.35. The highest BCUT2D eigenvalue weighted by Crippen LogP contribution is 2.25. The van der Waals surface area contributed by atoms with Crippen LogP contribution in [0, 0.1) is 0 Å². The monoisotopic (exact) mass is 410 g/mol. The number of hydrogen-bond donors (Lipinski definition) is 0. The Balaban J connectivity index is 2.30. The molecule has 0 atom stereocenters. The van der Waals surface area contributed by atoms with E-state index in [-0.39, 0.29) is 11.6 Å². The number of thiazole rings is 1. The molecule has 0 spiro atoms. The topological polar surface area (TPSA) is 59.5 Å². The summed E-state index contributed by atoms with van der Waals surface area (Å²) >= 11 is 4.77. The maximum Gasteiger partial charge on any atom is 0.357 e. The van der Waals surface area contributed by atoms with Crippen molar-refractivity contribution in [1.29, 1.82) is 0 Å². The zero-order valence-corrected chi connectivity index (χ0v) is 16.4. The molecule has 0 fully saturated rings. The van der Waals surface area contributed by atoms with E-state index in [0.717, 1.165) is 4.47 Å². The molecule has 0 saturated carbocycles. The molecule has 5 nitrogen and oxygen atoms in total. The molecule has 24 heavy (non-hydrogen) atoms. The smallest absolute Gasteiger partial charge is 0.357 e. The first-order valence-electron chi connectivity index (χ1n) is 7.33. The van der Waals surface area contributed by atoms with Gasteiger partial charge in [-0.05, 0) is 48.8 Å². The van der Waals surface area contributed by atoms with Crippen LogP contribution in [0.15, 0.2) is 34.1 Å². The molecular formula is C17H19BrN2O3S. The summed E-state index contributed by atoms with van der Waals surface area (Å²) in [6.45, 7) is 6.23. The second-order valence-electron chi connectivity index (χ2n) is 6.16. The van der Waals surface area contributed by atoms with Gasteiger partial charge < -0.3 is 9.64 Å². The van der Waals surface area contributed by atoms with E-state index >= 15 is 0 Å². The van der Waals surface area contributed by atoms with Crippen LogP contribution in [0.1, 0.15) is 46.6 Å². The number of benzene rings is 1. The first-order chi connectivity index (χ1) is 11.2. The normalized spacial score (nSPS) is 11.2. The van der Waals surface area contributed by atoms with E-state index in [9.17, 15) is 9.59 Å². The molecule has 1 aromatic carbocycles. The van der Waals surface area contributed by atoms with Crippen molar-refractivity contribution in [2.75, 3.05) is 7.11 Å². The van der Waals surface area contributed by atoms with Crippen molar-refractivity contribution in [2.24, 2.45) is 0 Å². The number of aromatic nitrogens is 1. The Morgan fingerprint density at radius 3 is 2.54 bits per heavy atom. The number of nitrogens with zero attached hydrogens (tertiary/aromatic N) is 2. The highest BCUT2D eigenvalue weighted by atomic mass is 79.9. The minimum atomic E-state index is -0.475. The lowest BCUT2D eigenvalue weighted by atomic mass is 10.0. The van der Waals surface area contributed by atoms with Crippen molar-refractivity contribution < 1.29 is 14.3 Å². The van der Waals surface area contributed by atoms with Gasteiger partial charge in [0.25, 0.3) is 5.91 Å². The lowest BCUT2D eigenvalue weighted by Crippen LogP contribution is -2.45. The van der Waals surface area contributed by atoms with Gasteiger partial charge in [0, 0.05) is 15.4 Å². The largest absolute Gasteiger partial charge is 0.464 e. The van der Waals surface area contributed by atoms with Gasteiger partial charge in [-0.3, -0.25) is 4.79 Å². The Morgan fingerprint density at radius 1 is 1.29 bits per heavy atom. The third kappa shape index (κ3) is 4.21. The van der Waals surface area contributed by atoms with Crippen molar-refractivity contribution in [2.45, 2.75) is 32.9 Å². The maximum absolute atomic E-state index is 13.0. The van der Waals surface area contributed by atoms with Gasteiger partial charge in [-0.2, -0.15) is 0 Å². The molecule has 1 amide bonds. The minimum absolute atomic E-state index is 0.0928. The Kier molecular flexibility index (Phi) is 5.77. The molecule has 128 valence electrons. The molecule has 0 aliphatic heterocycles. The van der Waals surface area contributed by atoms with E-state index in [2.05, 4.69) is 25.7 Å². The fraction of sp³-hybridized carbons (Fsp3) is 0.353. The molecule has 1 aromatic heterocycles. The van der Waals surface area contributed by atoms with Crippen LogP contribution in [0.3, 0.4) is 0 Å². The SMILES string of the molecule is COC(=O)c1csc(CN(C(=O)c2ccccc2Br)C(C)(C)C)n1. The van der Waals surface area contributed by atoms with E-state index in [1.54, 1.807) is 16.3 Å². The first kappa shape index (κ1) is 18.6. The Morgan fingerprint density at radius 2 is 1.96 bits per heavy atom. The number of halogens is 1. The predicted octanol–water partition coefficient (Wildman–Crippen LogP) is 4.13. The molecule has 7 heteroatoms. The van der Waals surface area contributed by atoms with Crippen molar-refractivity contribution in [3.8, 4) is 0 Å². The first-order valence-corrected chi connectivity index (χ1v) is 9.00. The van der Waals surface area contributed by atoms with Crippen LogP contribution in [0.2, 0.25) is 0 Å². The Bertz CT molecular complexity index is 752. The van der Waals surface area contributed by atoms with Gasteiger partial charge in [-0.25, -0.2) is 9.78 Å². The van der Waals surface area contributed by atoms with Gasteiger partial charge in [-0.15, -0.1) is 11.3 Å². The second kappa shape index (κ2) is 7.44. The van der Waals surface area contributed by atoms with Crippen LogP contribution in [-0.4, -0.2) is 34.4 Å². The Hall–Kier alpha value is -1.73. The quantitative estimate of drug-likeness (QED) is 0.710. The number of amides is 1. The van der Waals surface area contributed by atoms with Crippen LogP contribution in [0.25, 0.3) is 0 Å². The molecule has 0 N–H and O–H groups in total. The maximum atomic E-state index is 13.0. The molecule has 2 rings (SSSR count). The number of rotatable bonds is 4.